The number of nitrogens with zero attached hydrogens (tertiary/aromatic N) is 1. The van der Waals surface area contributed by atoms with Crippen molar-refractivity contribution in [3.05, 3.63) is 89.5 Å². The second-order valence-electron chi connectivity index (χ2n) is 6.57. The van der Waals surface area contributed by atoms with Crippen molar-refractivity contribution in [2.45, 2.75) is 5.60 Å². The van der Waals surface area contributed by atoms with Crippen molar-refractivity contribution in [2.24, 2.45) is 5.10 Å². The topological polar surface area (TPSA) is 89.4 Å². The summed E-state index contributed by atoms with van der Waals surface area (Å²) in [6.07, 6.45) is 1.41. The van der Waals surface area contributed by atoms with Crippen molar-refractivity contribution in [2.75, 3.05) is 21.3 Å². The molecule has 0 spiro atoms. The zero-order valence-corrected chi connectivity index (χ0v) is 17.5. The van der Waals surface area contributed by atoms with E-state index in [9.17, 15) is 9.90 Å². The molecular formula is C24H24N2O5. The van der Waals surface area contributed by atoms with E-state index in [1.54, 1.807) is 60.7 Å². The summed E-state index contributed by atoms with van der Waals surface area (Å²) in [4.78, 5) is 13.1. The van der Waals surface area contributed by atoms with Gasteiger partial charge in [-0.05, 0) is 23.3 Å². The van der Waals surface area contributed by atoms with Gasteiger partial charge < -0.3 is 19.3 Å². The van der Waals surface area contributed by atoms with E-state index in [2.05, 4.69) is 10.5 Å². The summed E-state index contributed by atoms with van der Waals surface area (Å²) >= 11 is 0. The molecule has 0 aliphatic carbocycles. The van der Waals surface area contributed by atoms with Crippen LogP contribution in [0.3, 0.4) is 0 Å². The minimum absolute atomic E-state index is 0.404. The van der Waals surface area contributed by atoms with Crippen molar-refractivity contribution in [1.82, 2.24) is 5.43 Å². The summed E-state index contributed by atoms with van der Waals surface area (Å²) in [6, 6.07) is 20.8. The fourth-order valence-corrected chi connectivity index (χ4v) is 3.25. The average Bonchev–Trinajstić information content (AvgIpc) is 2.83. The lowest BCUT2D eigenvalue weighted by atomic mass is 9.85. The first-order chi connectivity index (χ1) is 15.1. The normalized spacial score (nSPS) is 11.2. The van der Waals surface area contributed by atoms with E-state index in [-0.39, 0.29) is 0 Å². The molecule has 3 aromatic rings. The Bertz CT molecular complexity index is 1010. The van der Waals surface area contributed by atoms with Crippen LogP contribution in [-0.2, 0) is 10.4 Å². The van der Waals surface area contributed by atoms with Gasteiger partial charge in [0.15, 0.2) is 17.1 Å². The summed E-state index contributed by atoms with van der Waals surface area (Å²) in [6.45, 7) is 0. The molecule has 2 N–H and O–H groups in total. The fraction of sp³-hybridized carbons (Fsp3) is 0.167. The van der Waals surface area contributed by atoms with Crippen molar-refractivity contribution in [3.63, 3.8) is 0 Å². The molecule has 0 bridgehead atoms. The quantitative estimate of drug-likeness (QED) is 0.432. The van der Waals surface area contributed by atoms with Crippen LogP contribution in [0, 0.1) is 0 Å². The second-order valence-corrected chi connectivity index (χ2v) is 6.57. The molecule has 0 heterocycles. The average molecular weight is 420 g/mol. The number of amides is 1. The summed E-state index contributed by atoms with van der Waals surface area (Å²) in [5.41, 5.74) is 1.94. The molecule has 0 atom stereocenters. The first kappa shape index (κ1) is 21.9. The Morgan fingerprint density at radius 2 is 1.39 bits per heavy atom. The fourth-order valence-electron chi connectivity index (χ4n) is 3.25. The predicted octanol–water partition coefficient (Wildman–Crippen LogP) is 3.10. The molecule has 3 aromatic carbocycles. The lowest BCUT2D eigenvalue weighted by Crippen LogP contribution is -2.43. The van der Waals surface area contributed by atoms with Gasteiger partial charge in [-0.25, -0.2) is 5.43 Å². The Balaban J connectivity index is 1.92. The third-order valence-electron chi connectivity index (χ3n) is 4.82. The zero-order valence-electron chi connectivity index (χ0n) is 17.5. The largest absolute Gasteiger partial charge is 0.493 e. The Hall–Kier alpha value is -3.84. The molecule has 0 aliphatic heterocycles. The summed E-state index contributed by atoms with van der Waals surface area (Å²) in [5, 5.41) is 15.5. The molecule has 0 aliphatic rings. The van der Waals surface area contributed by atoms with Crippen LogP contribution in [0.4, 0.5) is 0 Å². The smallest absolute Gasteiger partial charge is 0.281 e. The van der Waals surface area contributed by atoms with Crippen molar-refractivity contribution < 1.29 is 24.1 Å². The highest BCUT2D eigenvalue weighted by Crippen LogP contribution is 2.39. The Morgan fingerprint density at radius 1 is 0.839 bits per heavy atom. The first-order valence-electron chi connectivity index (χ1n) is 9.52. The number of ether oxygens (including phenoxy) is 3. The van der Waals surface area contributed by atoms with Crippen LogP contribution in [0.5, 0.6) is 17.2 Å². The van der Waals surface area contributed by atoms with Gasteiger partial charge in [-0.2, -0.15) is 5.10 Å². The van der Waals surface area contributed by atoms with Gasteiger partial charge in [-0.15, -0.1) is 0 Å². The minimum atomic E-state index is -1.92. The molecular weight excluding hydrogens is 396 g/mol. The number of hydrogen-bond acceptors (Lipinski definition) is 6. The number of benzene rings is 3. The molecule has 7 heteroatoms. The van der Waals surface area contributed by atoms with Gasteiger partial charge in [0.2, 0.25) is 5.75 Å². The molecule has 0 unspecified atom stereocenters. The molecule has 1 amide bonds. The summed E-state index contributed by atoms with van der Waals surface area (Å²) in [5.74, 6) is 0.621. The van der Waals surface area contributed by atoms with Gasteiger partial charge >= 0.3 is 0 Å². The van der Waals surface area contributed by atoms with Crippen LogP contribution < -0.4 is 19.6 Å². The highest BCUT2D eigenvalue weighted by Gasteiger charge is 2.39. The van der Waals surface area contributed by atoms with E-state index >= 15 is 0 Å². The van der Waals surface area contributed by atoms with Crippen LogP contribution >= 0.6 is 0 Å². The van der Waals surface area contributed by atoms with Crippen molar-refractivity contribution in [1.29, 1.82) is 0 Å². The number of aliphatic hydroxyl groups is 1. The molecule has 0 saturated carbocycles. The molecule has 0 saturated heterocycles. The number of carbonyl (C=O) groups excluding carboxylic acids is 1. The molecule has 31 heavy (non-hydrogen) atoms. The summed E-state index contributed by atoms with van der Waals surface area (Å²) < 4.78 is 16.0. The lowest BCUT2D eigenvalue weighted by molar-refractivity contribution is -0.136. The van der Waals surface area contributed by atoms with Crippen molar-refractivity contribution in [3.8, 4) is 17.2 Å². The van der Waals surface area contributed by atoms with Gasteiger partial charge in [0, 0.05) is 5.56 Å². The Kier molecular flexibility index (Phi) is 6.89. The van der Waals surface area contributed by atoms with Crippen LogP contribution in [0.1, 0.15) is 16.7 Å². The van der Waals surface area contributed by atoms with E-state index in [4.69, 9.17) is 14.2 Å². The molecule has 0 fully saturated rings. The third-order valence-corrected chi connectivity index (χ3v) is 4.82. The highest BCUT2D eigenvalue weighted by molar-refractivity contribution is 5.92. The lowest BCUT2D eigenvalue weighted by Gasteiger charge is -2.27. The van der Waals surface area contributed by atoms with Crippen LogP contribution in [-0.4, -0.2) is 38.6 Å². The van der Waals surface area contributed by atoms with Gasteiger partial charge in [0.1, 0.15) is 0 Å². The number of rotatable bonds is 8. The SMILES string of the molecule is COc1ccc(/C=N\NC(=O)C(O)(c2ccccc2)c2ccccc2)c(OC)c1OC. The summed E-state index contributed by atoms with van der Waals surface area (Å²) in [7, 11) is 4.53. The number of hydrogen-bond donors (Lipinski definition) is 2. The maximum atomic E-state index is 13.1. The van der Waals surface area contributed by atoms with E-state index in [1.165, 1.54) is 27.5 Å². The van der Waals surface area contributed by atoms with Gasteiger partial charge in [-0.1, -0.05) is 60.7 Å². The maximum absolute atomic E-state index is 13.1. The second kappa shape index (κ2) is 9.77. The third kappa shape index (κ3) is 4.36. The van der Waals surface area contributed by atoms with E-state index < -0.39 is 11.5 Å². The molecule has 7 nitrogen and oxygen atoms in total. The predicted molar refractivity (Wildman–Crippen MR) is 118 cm³/mol. The first-order valence-corrected chi connectivity index (χ1v) is 9.52. The van der Waals surface area contributed by atoms with Crippen LogP contribution in [0.2, 0.25) is 0 Å². The zero-order chi connectivity index (χ0) is 22.3. The molecule has 3 rings (SSSR count). The Morgan fingerprint density at radius 3 is 1.87 bits per heavy atom. The van der Waals surface area contributed by atoms with Crippen LogP contribution in [0.25, 0.3) is 0 Å². The van der Waals surface area contributed by atoms with E-state index in [0.717, 1.165) is 0 Å². The molecule has 0 radical (unpaired) electrons. The number of methoxy groups -OCH3 is 3. The number of carbonyl (C=O) groups is 1. The standard InChI is InChI=1S/C24H24N2O5/c1-29-20-15-14-17(21(30-2)22(20)31-3)16-25-26-23(27)24(28,18-10-6-4-7-11-18)19-12-8-5-9-13-19/h4-16,28H,1-3H3,(H,26,27)/b25-16-. The maximum Gasteiger partial charge on any atom is 0.281 e. The highest BCUT2D eigenvalue weighted by atomic mass is 16.5. The monoisotopic (exact) mass is 420 g/mol. The number of hydrazone groups is 1. The van der Waals surface area contributed by atoms with Crippen LogP contribution in [0.15, 0.2) is 77.9 Å². The minimum Gasteiger partial charge on any atom is -0.493 e. The van der Waals surface area contributed by atoms with E-state index in [0.29, 0.717) is 33.9 Å². The van der Waals surface area contributed by atoms with Crippen molar-refractivity contribution >= 4 is 12.1 Å². The van der Waals surface area contributed by atoms with Gasteiger partial charge in [0.05, 0.1) is 27.5 Å². The Labute approximate surface area is 180 Å². The van der Waals surface area contributed by atoms with E-state index in [1.807, 2.05) is 12.1 Å². The van der Waals surface area contributed by atoms with Gasteiger partial charge in [0.25, 0.3) is 5.91 Å². The number of nitrogens with one attached hydrogen (secondary N) is 1. The van der Waals surface area contributed by atoms with Gasteiger partial charge in [-0.3, -0.25) is 4.79 Å². The molecule has 0 aromatic heterocycles. The molecule has 160 valence electrons.